The number of likely N-dealkylation sites (tertiary alicyclic amines) is 1. The van der Waals surface area contributed by atoms with Crippen LogP contribution in [0, 0.1) is 5.92 Å². The van der Waals surface area contributed by atoms with Gasteiger partial charge in [-0.15, -0.1) is 0 Å². The Kier molecular flexibility index (Phi) is 14.0. The highest BCUT2D eigenvalue weighted by molar-refractivity contribution is 5.88. The second-order valence-corrected chi connectivity index (χ2v) is 12.2. The van der Waals surface area contributed by atoms with Crippen LogP contribution in [0.15, 0.2) is 65.6 Å². The van der Waals surface area contributed by atoms with E-state index in [0.29, 0.717) is 73.0 Å². The van der Waals surface area contributed by atoms with Crippen LogP contribution in [0.5, 0.6) is 17.2 Å². The van der Waals surface area contributed by atoms with Gasteiger partial charge in [0.25, 0.3) is 0 Å². The summed E-state index contributed by atoms with van der Waals surface area (Å²) >= 11 is 0. The Morgan fingerprint density at radius 1 is 0.940 bits per heavy atom. The summed E-state index contributed by atoms with van der Waals surface area (Å²) < 4.78 is 39.4. The number of benzene rings is 2. The Morgan fingerprint density at radius 3 is 2.38 bits per heavy atom. The van der Waals surface area contributed by atoms with E-state index in [2.05, 4.69) is 0 Å². The van der Waals surface area contributed by atoms with Gasteiger partial charge in [0.2, 0.25) is 5.91 Å². The van der Waals surface area contributed by atoms with Gasteiger partial charge in [-0.05, 0) is 80.0 Å². The monoisotopic (exact) mass is 695 g/mol. The van der Waals surface area contributed by atoms with E-state index in [4.69, 9.17) is 38.3 Å². The van der Waals surface area contributed by atoms with Gasteiger partial charge in [-0.25, -0.2) is 9.59 Å². The summed E-state index contributed by atoms with van der Waals surface area (Å²) in [5, 5.41) is 9.12. The molecule has 0 spiro atoms. The lowest BCUT2D eigenvalue weighted by Gasteiger charge is -2.38. The number of carbonyl (C=O) groups excluding carboxylic acids is 2. The minimum Gasteiger partial charge on any atom is -0.494 e. The number of esters is 1. The third-order valence-electron chi connectivity index (χ3n) is 9.20. The molecule has 2 aromatic carbocycles. The fourth-order valence-corrected chi connectivity index (χ4v) is 6.62. The molecule has 4 rings (SSSR count). The summed E-state index contributed by atoms with van der Waals surface area (Å²) in [7, 11) is 7.85. The summed E-state index contributed by atoms with van der Waals surface area (Å²) in [5.74, 6) is 0.374. The topological polar surface area (TPSA) is 139 Å². The largest absolute Gasteiger partial charge is 0.494 e. The van der Waals surface area contributed by atoms with Gasteiger partial charge in [0.05, 0.1) is 34.4 Å². The quantitative estimate of drug-likeness (QED) is 0.206. The number of nitrogens with zero attached hydrogens (tertiary/aromatic N) is 1. The van der Waals surface area contributed by atoms with Crippen LogP contribution in [0.25, 0.3) is 0 Å². The van der Waals surface area contributed by atoms with Crippen molar-refractivity contribution in [2.75, 3.05) is 48.7 Å². The van der Waals surface area contributed by atoms with Gasteiger partial charge >= 0.3 is 11.9 Å². The molecule has 12 heteroatoms. The smallest absolute Gasteiger partial charge is 0.341 e. The molecule has 0 radical (unpaired) electrons. The molecule has 0 saturated carbocycles. The molecule has 1 heterocycles. The van der Waals surface area contributed by atoms with Gasteiger partial charge in [0.1, 0.15) is 24.0 Å². The van der Waals surface area contributed by atoms with Crippen LogP contribution in [-0.4, -0.2) is 88.7 Å². The van der Waals surface area contributed by atoms with Gasteiger partial charge in [-0.1, -0.05) is 30.7 Å². The van der Waals surface area contributed by atoms with Gasteiger partial charge in [0, 0.05) is 20.1 Å². The lowest BCUT2D eigenvalue weighted by atomic mass is 9.85. The van der Waals surface area contributed by atoms with Crippen molar-refractivity contribution in [2.24, 2.45) is 5.92 Å². The number of hydrogen-bond acceptors (Lipinski definition) is 10. The van der Waals surface area contributed by atoms with Crippen molar-refractivity contribution >= 4 is 17.8 Å². The molecule has 1 fully saturated rings. The van der Waals surface area contributed by atoms with Crippen LogP contribution in [0.2, 0.25) is 0 Å². The molecule has 1 aliphatic carbocycles. The summed E-state index contributed by atoms with van der Waals surface area (Å²) in [4.78, 5) is 41.2. The van der Waals surface area contributed by atoms with Gasteiger partial charge in [-0.2, -0.15) is 0 Å². The Bertz CT molecular complexity index is 1550. The molecule has 0 bridgehead atoms. The molecule has 1 amide bonds. The first-order valence-corrected chi connectivity index (χ1v) is 16.9. The molecule has 1 N–H and O–H groups in total. The SMILES string of the molecule is CC[C@H](C(=O)N1CCCC[C@H]1C(=O)OC(CCc1ccc(OC)c(OC)c1)c1cccc(OCC(=O)O)c1)C1=CC(OC)=C(OC)C(OC)C1. The number of carboxylic acids is 1. The molecular weight excluding hydrogens is 646 g/mol. The normalized spacial score (nSPS) is 18.8. The number of ether oxygens (including phenoxy) is 7. The van der Waals surface area contributed by atoms with Crippen LogP contribution in [-0.2, 0) is 39.8 Å². The lowest BCUT2D eigenvalue weighted by Crippen LogP contribution is -2.51. The predicted molar refractivity (Wildman–Crippen MR) is 184 cm³/mol. The number of rotatable bonds is 17. The van der Waals surface area contributed by atoms with E-state index in [0.717, 1.165) is 24.0 Å². The van der Waals surface area contributed by atoms with Crippen molar-refractivity contribution in [3.05, 3.63) is 76.8 Å². The summed E-state index contributed by atoms with van der Waals surface area (Å²) in [6.07, 6.45) is 4.66. The van der Waals surface area contributed by atoms with Crippen molar-refractivity contribution in [3.8, 4) is 17.2 Å². The average molecular weight is 696 g/mol. The van der Waals surface area contributed by atoms with E-state index in [1.165, 1.54) is 0 Å². The number of aryl methyl sites for hydroxylation is 1. The van der Waals surface area contributed by atoms with Crippen molar-refractivity contribution in [3.63, 3.8) is 0 Å². The number of hydrogen-bond donors (Lipinski definition) is 1. The zero-order chi connectivity index (χ0) is 36.2. The zero-order valence-electron chi connectivity index (χ0n) is 29.8. The Morgan fingerprint density at radius 2 is 1.72 bits per heavy atom. The average Bonchev–Trinajstić information content (AvgIpc) is 3.15. The highest BCUT2D eigenvalue weighted by Crippen LogP contribution is 2.36. The van der Waals surface area contributed by atoms with Crippen molar-refractivity contribution in [2.45, 2.75) is 70.1 Å². The number of aliphatic carboxylic acids is 1. The van der Waals surface area contributed by atoms with Gasteiger partial charge in [0.15, 0.2) is 29.6 Å². The van der Waals surface area contributed by atoms with E-state index in [1.807, 2.05) is 37.3 Å². The summed E-state index contributed by atoms with van der Waals surface area (Å²) in [6.45, 7) is 1.88. The third-order valence-corrected chi connectivity index (χ3v) is 9.20. The van der Waals surface area contributed by atoms with Crippen LogP contribution >= 0.6 is 0 Å². The highest BCUT2D eigenvalue weighted by Gasteiger charge is 2.39. The van der Waals surface area contributed by atoms with Gasteiger partial charge in [-0.3, -0.25) is 4.79 Å². The third kappa shape index (κ3) is 9.29. The molecule has 2 unspecified atom stereocenters. The summed E-state index contributed by atoms with van der Waals surface area (Å²) in [6, 6.07) is 11.7. The van der Waals surface area contributed by atoms with Crippen molar-refractivity contribution < 1.29 is 52.6 Å². The Hall–Kier alpha value is -4.71. The molecule has 2 aliphatic rings. The maximum absolute atomic E-state index is 14.3. The molecule has 0 aromatic heterocycles. The molecule has 272 valence electrons. The zero-order valence-corrected chi connectivity index (χ0v) is 29.8. The van der Waals surface area contributed by atoms with Gasteiger partial charge < -0.3 is 43.2 Å². The molecule has 1 aliphatic heterocycles. The molecule has 2 aromatic rings. The number of carboxylic acid groups (broad SMARTS) is 1. The van der Waals surface area contributed by atoms with E-state index >= 15 is 0 Å². The maximum Gasteiger partial charge on any atom is 0.341 e. The van der Waals surface area contributed by atoms with E-state index in [9.17, 15) is 14.4 Å². The fourth-order valence-electron chi connectivity index (χ4n) is 6.62. The van der Waals surface area contributed by atoms with E-state index in [1.54, 1.807) is 58.6 Å². The second-order valence-electron chi connectivity index (χ2n) is 12.2. The first kappa shape index (κ1) is 38.1. The molecule has 50 heavy (non-hydrogen) atoms. The van der Waals surface area contributed by atoms with E-state index in [-0.39, 0.29) is 5.91 Å². The number of methoxy groups -OCH3 is 5. The summed E-state index contributed by atoms with van der Waals surface area (Å²) in [5.41, 5.74) is 2.44. The Balaban J connectivity index is 1.60. The standard InChI is InChI=1S/C38H49NO11/c1-7-28(26-21-33(46-4)36(48-6)34(22-26)47-5)37(42)39-18-9-8-13-29(39)38(43)50-30(25-11-10-12-27(20-25)49-23-35(40)41)16-14-24-15-17-31(44-2)32(19-24)45-3/h10-12,15,17,19-21,28-30,34H,7-9,13-14,16,18,22-23H2,1-6H3,(H,40,41)/t28-,29-,30?,34?/m0/s1. The number of carbonyl (C=O) groups is 3. The number of allylic oxidation sites excluding steroid dienone is 1. The van der Waals surface area contributed by atoms with Crippen molar-refractivity contribution in [1.29, 1.82) is 0 Å². The van der Waals surface area contributed by atoms with Crippen LogP contribution in [0.3, 0.4) is 0 Å². The molecule has 12 nitrogen and oxygen atoms in total. The first-order chi connectivity index (χ1) is 24.2. The van der Waals surface area contributed by atoms with Crippen LogP contribution in [0.1, 0.15) is 62.7 Å². The lowest BCUT2D eigenvalue weighted by molar-refractivity contribution is -0.163. The van der Waals surface area contributed by atoms with Crippen LogP contribution < -0.4 is 14.2 Å². The highest BCUT2D eigenvalue weighted by atomic mass is 16.6. The molecule has 4 atom stereocenters. The molecule has 1 saturated heterocycles. The van der Waals surface area contributed by atoms with Crippen molar-refractivity contribution in [1.82, 2.24) is 4.90 Å². The minimum atomic E-state index is -1.10. The number of piperidine rings is 1. The minimum absolute atomic E-state index is 0.141. The second kappa shape index (κ2) is 18.3. The number of amides is 1. The first-order valence-electron chi connectivity index (χ1n) is 16.9. The predicted octanol–water partition coefficient (Wildman–Crippen LogP) is 5.64. The molecular formula is C38H49NO11. The van der Waals surface area contributed by atoms with Crippen LogP contribution in [0.4, 0.5) is 0 Å². The maximum atomic E-state index is 14.3. The van der Waals surface area contributed by atoms with E-state index < -0.39 is 42.7 Å². The Labute approximate surface area is 293 Å². The fraction of sp³-hybridized carbons (Fsp3) is 0.500.